The van der Waals surface area contributed by atoms with Crippen LogP contribution in [0.1, 0.15) is 10.5 Å². The second kappa shape index (κ2) is 8.08. The molecule has 0 saturated carbocycles. The Morgan fingerprint density at radius 1 is 1.43 bits per heavy atom. The number of carboxylic acid groups (broad SMARTS) is 1. The molecule has 1 unspecified atom stereocenters. The first-order valence-electron chi connectivity index (χ1n) is 8.32. The van der Waals surface area contributed by atoms with Crippen molar-refractivity contribution < 1.29 is 24.3 Å². The number of aromatic nitrogens is 4. The van der Waals surface area contributed by atoms with E-state index < -0.39 is 35.0 Å². The van der Waals surface area contributed by atoms with Gasteiger partial charge in [0.1, 0.15) is 27.8 Å². The SMILES string of the molecule is Nc1nc(C(=O)C(=O)NC2C(=O)N3C(C(=O)O)=C(CSc4cnn[nH]4)CS[C@H]23)cs1. The highest BCUT2D eigenvalue weighted by molar-refractivity contribution is 8.01. The summed E-state index contributed by atoms with van der Waals surface area (Å²) in [4.78, 5) is 53.7. The zero-order valence-electron chi connectivity index (χ0n) is 14.9. The number of thioether (sulfide) groups is 2. The number of carbonyl (C=O) groups is 4. The van der Waals surface area contributed by atoms with Crippen LogP contribution in [0.2, 0.25) is 0 Å². The maximum Gasteiger partial charge on any atom is 0.352 e. The summed E-state index contributed by atoms with van der Waals surface area (Å²) in [6, 6.07) is -0.997. The highest BCUT2D eigenvalue weighted by Crippen LogP contribution is 2.41. The molecular formula is C15H13N7O5S3. The van der Waals surface area contributed by atoms with Gasteiger partial charge < -0.3 is 16.2 Å². The smallest absolute Gasteiger partial charge is 0.352 e. The highest BCUT2D eigenvalue weighted by atomic mass is 32.2. The Hall–Kier alpha value is -2.91. The molecule has 5 N–H and O–H groups in total. The number of rotatable bonds is 7. The van der Waals surface area contributed by atoms with Crippen LogP contribution in [0.4, 0.5) is 5.13 Å². The van der Waals surface area contributed by atoms with Crippen molar-refractivity contribution >= 4 is 63.6 Å². The van der Waals surface area contributed by atoms with Crippen LogP contribution in [0.15, 0.2) is 27.9 Å². The summed E-state index contributed by atoms with van der Waals surface area (Å²) in [5, 5.41) is 23.5. The van der Waals surface area contributed by atoms with Crippen LogP contribution >= 0.6 is 34.9 Å². The molecule has 2 aromatic rings. The van der Waals surface area contributed by atoms with Gasteiger partial charge in [-0.1, -0.05) is 5.21 Å². The maximum atomic E-state index is 12.6. The van der Waals surface area contributed by atoms with Gasteiger partial charge in [-0.3, -0.25) is 24.4 Å². The summed E-state index contributed by atoms with van der Waals surface area (Å²) in [5.41, 5.74) is 5.82. The number of fused-ring (bicyclic) bond motifs is 1. The lowest BCUT2D eigenvalue weighted by Gasteiger charge is -2.49. The number of carbonyl (C=O) groups excluding carboxylic acids is 3. The number of ketones is 1. The number of amides is 2. The van der Waals surface area contributed by atoms with Crippen molar-refractivity contribution in [2.24, 2.45) is 0 Å². The Balaban J connectivity index is 1.46. The summed E-state index contributed by atoms with van der Waals surface area (Å²) >= 11 is 3.65. The summed E-state index contributed by atoms with van der Waals surface area (Å²) in [5.74, 6) is -3.04. The van der Waals surface area contributed by atoms with Gasteiger partial charge in [0.05, 0.1) is 6.20 Å². The number of nitrogens with one attached hydrogen (secondary N) is 2. The molecule has 12 nitrogen and oxygen atoms in total. The second-order valence-electron chi connectivity index (χ2n) is 6.13. The lowest BCUT2D eigenvalue weighted by atomic mass is 10.0. The largest absolute Gasteiger partial charge is 0.477 e. The van der Waals surface area contributed by atoms with Crippen molar-refractivity contribution in [2.75, 3.05) is 17.2 Å². The third kappa shape index (κ3) is 3.66. The molecule has 2 aliphatic rings. The zero-order valence-corrected chi connectivity index (χ0v) is 17.3. The van der Waals surface area contributed by atoms with Crippen LogP contribution < -0.4 is 11.1 Å². The Morgan fingerprint density at radius 3 is 2.87 bits per heavy atom. The van der Waals surface area contributed by atoms with E-state index in [0.717, 1.165) is 16.2 Å². The number of carboxylic acids is 1. The molecule has 1 fully saturated rings. The minimum Gasteiger partial charge on any atom is -0.477 e. The molecule has 2 amide bonds. The number of nitrogens with two attached hydrogens (primary N) is 1. The van der Waals surface area contributed by atoms with Crippen molar-refractivity contribution in [3.05, 3.63) is 28.5 Å². The first-order chi connectivity index (χ1) is 14.4. The molecule has 0 spiro atoms. The number of β-lactam (4-membered cyclic amide) rings is 1. The van der Waals surface area contributed by atoms with Gasteiger partial charge in [0.2, 0.25) is 0 Å². The van der Waals surface area contributed by atoms with Gasteiger partial charge in [-0.25, -0.2) is 9.78 Å². The fourth-order valence-electron chi connectivity index (χ4n) is 2.93. The van der Waals surface area contributed by atoms with E-state index in [1.165, 1.54) is 35.1 Å². The van der Waals surface area contributed by atoms with Crippen molar-refractivity contribution in [3.8, 4) is 0 Å². The van der Waals surface area contributed by atoms with Crippen molar-refractivity contribution in [3.63, 3.8) is 0 Å². The summed E-state index contributed by atoms with van der Waals surface area (Å²) in [6.45, 7) is 0. The number of hydrogen-bond acceptors (Lipinski definition) is 11. The van der Waals surface area contributed by atoms with Crippen LogP contribution in [0.25, 0.3) is 0 Å². The van der Waals surface area contributed by atoms with E-state index in [1.54, 1.807) is 0 Å². The standard InChI is InChI=1S/C15H13N7O5S3/c16-15-18-6(4-30-15)10(23)11(24)19-8-12(25)22-9(14(26)27)5(3-29-13(8)22)2-28-7-1-17-21-20-7/h1,4,8,13H,2-3H2,(H2,16,18)(H,19,24)(H,26,27)(H,17,20,21)/t8?,13-/m1/s1. The Morgan fingerprint density at radius 2 is 2.23 bits per heavy atom. The Kier molecular flexibility index (Phi) is 5.48. The molecule has 0 radical (unpaired) electrons. The molecular weight excluding hydrogens is 454 g/mol. The molecule has 2 aromatic heterocycles. The third-order valence-corrected chi connectivity index (χ3v) is 7.31. The number of nitrogen functional groups attached to an aromatic ring is 1. The van der Waals surface area contributed by atoms with Gasteiger partial charge in [0.25, 0.3) is 17.6 Å². The fraction of sp³-hybridized carbons (Fsp3) is 0.267. The number of H-pyrrole nitrogens is 1. The van der Waals surface area contributed by atoms with E-state index in [1.807, 2.05) is 0 Å². The topological polar surface area (TPSA) is 184 Å². The summed E-state index contributed by atoms with van der Waals surface area (Å²) < 4.78 is 0. The molecule has 4 heterocycles. The predicted octanol–water partition coefficient (Wildman–Crippen LogP) is -0.443. The number of aliphatic carboxylic acids is 1. The minimum absolute atomic E-state index is 0.103. The zero-order chi connectivity index (χ0) is 21.4. The van der Waals surface area contributed by atoms with Crippen molar-refractivity contribution in [1.82, 2.24) is 30.6 Å². The highest BCUT2D eigenvalue weighted by Gasteiger charge is 2.54. The van der Waals surface area contributed by atoms with Gasteiger partial charge in [-0.05, 0) is 5.57 Å². The Labute approximate surface area is 180 Å². The molecule has 0 bridgehead atoms. The van der Waals surface area contributed by atoms with Crippen LogP contribution in [0.5, 0.6) is 0 Å². The first kappa shape index (κ1) is 20.4. The van der Waals surface area contributed by atoms with E-state index in [9.17, 15) is 24.3 Å². The monoisotopic (exact) mass is 467 g/mol. The van der Waals surface area contributed by atoms with Crippen LogP contribution in [0.3, 0.4) is 0 Å². The van der Waals surface area contributed by atoms with E-state index >= 15 is 0 Å². The molecule has 0 aromatic carbocycles. The number of thiazole rings is 1. The van der Waals surface area contributed by atoms with Gasteiger partial charge in [-0.15, -0.1) is 40.0 Å². The van der Waals surface area contributed by atoms with E-state index in [-0.39, 0.29) is 16.5 Å². The van der Waals surface area contributed by atoms with Crippen LogP contribution in [0, 0.1) is 0 Å². The first-order valence-corrected chi connectivity index (χ1v) is 11.2. The fourth-order valence-corrected chi connectivity index (χ4v) is 5.75. The average Bonchev–Trinajstić information content (AvgIpc) is 3.40. The molecule has 156 valence electrons. The quantitative estimate of drug-likeness (QED) is 0.179. The maximum absolute atomic E-state index is 12.6. The summed E-state index contributed by atoms with van der Waals surface area (Å²) in [6.07, 6.45) is 1.51. The van der Waals surface area contributed by atoms with Crippen LogP contribution in [-0.4, -0.2) is 76.9 Å². The number of aromatic amines is 1. The second-order valence-corrected chi connectivity index (χ2v) is 9.14. The molecule has 2 aliphatic heterocycles. The lowest BCUT2D eigenvalue weighted by molar-refractivity contribution is -0.150. The van der Waals surface area contributed by atoms with Gasteiger partial charge in [0, 0.05) is 16.9 Å². The van der Waals surface area contributed by atoms with E-state index in [4.69, 9.17) is 5.73 Å². The number of hydrogen-bond donors (Lipinski definition) is 4. The minimum atomic E-state index is -1.23. The lowest BCUT2D eigenvalue weighted by Crippen LogP contribution is -2.71. The molecule has 30 heavy (non-hydrogen) atoms. The van der Waals surface area contributed by atoms with E-state index in [0.29, 0.717) is 22.1 Å². The van der Waals surface area contributed by atoms with E-state index in [2.05, 4.69) is 25.7 Å². The number of Topliss-reactive ketones (excluding diaryl/α,β-unsaturated/α-hetero) is 1. The predicted molar refractivity (Wildman–Crippen MR) is 108 cm³/mol. The molecule has 2 atom stereocenters. The van der Waals surface area contributed by atoms with Crippen molar-refractivity contribution in [2.45, 2.75) is 16.4 Å². The normalized spacial score (nSPS) is 20.5. The number of nitrogens with zero attached hydrogens (tertiary/aromatic N) is 4. The van der Waals surface area contributed by atoms with Gasteiger partial charge in [0.15, 0.2) is 5.13 Å². The average molecular weight is 468 g/mol. The number of anilines is 1. The van der Waals surface area contributed by atoms with Crippen molar-refractivity contribution in [1.29, 1.82) is 0 Å². The summed E-state index contributed by atoms with van der Waals surface area (Å²) in [7, 11) is 0. The van der Waals surface area contributed by atoms with Gasteiger partial charge >= 0.3 is 5.97 Å². The molecule has 0 aliphatic carbocycles. The molecule has 15 heteroatoms. The molecule has 4 rings (SSSR count). The third-order valence-electron chi connectivity index (χ3n) is 4.29. The Bertz CT molecular complexity index is 1070. The molecule has 1 saturated heterocycles. The van der Waals surface area contributed by atoms with Gasteiger partial charge in [-0.2, -0.15) is 0 Å². The van der Waals surface area contributed by atoms with Crippen LogP contribution in [-0.2, 0) is 14.4 Å².